The lowest BCUT2D eigenvalue weighted by Crippen LogP contribution is -2.47. The first-order chi connectivity index (χ1) is 12.2. The Morgan fingerprint density at radius 1 is 1.16 bits per heavy atom. The Kier molecular flexibility index (Phi) is 4.17. The molecule has 1 aliphatic heterocycles. The summed E-state index contributed by atoms with van der Waals surface area (Å²) in [5.74, 6) is 1.58. The van der Waals surface area contributed by atoms with Crippen LogP contribution in [-0.4, -0.2) is 59.4 Å². The first-order valence-electron chi connectivity index (χ1n) is 8.23. The van der Waals surface area contributed by atoms with Crippen molar-refractivity contribution < 1.29 is 9.21 Å². The average molecular weight is 337 g/mol. The number of carbonyl (C=O) groups excluding carboxylic acids is 1. The first kappa shape index (κ1) is 15.7. The smallest absolute Gasteiger partial charge is 0.238 e. The lowest BCUT2D eigenvalue weighted by molar-refractivity contribution is 0.110. The van der Waals surface area contributed by atoms with E-state index >= 15 is 0 Å². The summed E-state index contributed by atoms with van der Waals surface area (Å²) < 4.78 is 5.47. The molecular weight excluding hydrogens is 318 g/mol. The Bertz CT molecular complexity index is 899. The van der Waals surface area contributed by atoms with Crippen molar-refractivity contribution in [1.82, 2.24) is 19.9 Å². The maximum absolute atomic E-state index is 10.8. The van der Waals surface area contributed by atoms with Crippen LogP contribution < -0.4 is 5.43 Å². The largest absolute Gasteiger partial charge is 0.453 e. The van der Waals surface area contributed by atoms with Gasteiger partial charge in [0.1, 0.15) is 5.76 Å². The van der Waals surface area contributed by atoms with Crippen LogP contribution in [0.3, 0.4) is 0 Å². The number of hydrazine groups is 1. The maximum atomic E-state index is 10.8. The van der Waals surface area contributed by atoms with Crippen molar-refractivity contribution in [2.45, 2.75) is 0 Å². The van der Waals surface area contributed by atoms with Crippen LogP contribution in [0.25, 0.3) is 22.2 Å². The number of aromatic nitrogens is 2. The fraction of sp³-hybridized carbons (Fsp3) is 0.278. The molecule has 1 saturated heterocycles. The third-order valence-electron chi connectivity index (χ3n) is 4.37. The van der Waals surface area contributed by atoms with Gasteiger partial charge in [0.25, 0.3) is 0 Å². The number of anilines is 1. The van der Waals surface area contributed by atoms with Crippen LogP contribution >= 0.6 is 0 Å². The van der Waals surface area contributed by atoms with E-state index in [0.717, 1.165) is 42.6 Å². The van der Waals surface area contributed by atoms with Gasteiger partial charge in [-0.05, 0) is 37.4 Å². The van der Waals surface area contributed by atoms with E-state index in [1.54, 1.807) is 18.3 Å². The number of hydrogen-bond donors (Lipinski definition) is 1. The summed E-state index contributed by atoms with van der Waals surface area (Å²) in [6.45, 7) is 3.93. The number of aldehydes is 1. The number of fused-ring (bicyclic) bond motifs is 1. The highest BCUT2D eigenvalue weighted by Gasteiger charge is 2.14. The van der Waals surface area contributed by atoms with Gasteiger partial charge in [-0.25, -0.2) is 15.0 Å². The highest BCUT2D eigenvalue weighted by Crippen LogP contribution is 2.25. The van der Waals surface area contributed by atoms with Gasteiger partial charge < -0.3 is 9.32 Å². The number of nitrogens with zero attached hydrogens (tertiary/aromatic N) is 4. The van der Waals surface area contributed by atoms with Gasteiger partial charge in [-0.3, -0.25) is 10.2 Å². The highest BCUT2D eigenvalue weighted by atomic mass is 16.3. The van der Waals surface area contributed by atoms with Crippen LogP contribution in [0.4, 0.5) is 5.95 Å². The Morgan fingerprint density at radius 3 is 2.76 bits per heavy atom. The summed E-state index contributed by atoms with van der Waals surface area (Å²) in [7, 11) is 2.12. The van der Waals surface area contributed by atoms with Crippen LogP contribution in [0, 0.1) is 0 Å². The van der Waals surface area contributed by atoms with E-state index in [1.165, 1.54) is 0 Å². The molecule has 7 heteroatoms. The molecule has 0 spiro atoms. The van der Waals surface area contributed by atoms with Crippen molar-refractivity contribution in [3.8, 4) is 11.3 Å². The third kappa shape index (κ3) is 3.38. The van der Waals surface area contributed by atoms with Gasteiger partial charge in [0, 0.05) is 43.3 Å². The molecule has 0 unspecified atom stereocenters. The van der Waals surface area contributed by atoms with E-state index in [-0.39, 0.29) is 0 Å². The van der Waals surface area contributed by atoms with Gasteiger partial charge in [0.05, 0.1) is 5.52 Å². The molecule has 1 N–H and O–H groups in total. The molecular formula is C18H19N5O2. The molecule has 3 aromatic rings. The van der Waals surface area contributed by atoms with Gasteiger partial charge in [-0.2, -0.15) is 0 Å². The Hall–Kier alpha value is -2.77. The minimum absolute atomic E-state index is 0.318. The summed E-state index contributed by atoms with van der Waals surface area (Å²) in [5.41, 5.74) is 5.03. The molecule has 3 heterocycles. The topological polar surface area (TPSA) is 74.5 Å². The molecule has 0 atom stereocenters. The van der Waals surface area contributed by atoms with E-state index in [0.29, 0.717) is 23.8 Å². The van der Waals surface area contributed by atoms with Crippen LogP contribution in [-0.2, 0) is 0 Å². The number of benzene rings is 1. The second-order valence-corrected chi connectivity index (χ2v) is 6.19. The standard InChI is InChI=1S/C18H19N5O2/c1-22-6-8-23(9-7-22)21-18-19-11-14-10-13(2-4-16(14)20-18)17-5-3-15(12-24)25-17/h2-5,10-12H,6-9H2,1H3,(H,19,20,21). The predicted molar refractivity (Wildman–Crippen MR) is 95.3 cm³/mol. The fourth-order valence-corrected chi connectivity index (χ4v) is 2.87. The Morgan fingerprint density at radius 2 is 2.00 bits per heavy atom. The van der Waals surface area contributed by atoms with Crippen molar-refractivity contribution in [2.24, 2.45) is 0 Å². The van der Waals surface area contributed by atoms with Gasteiger partial charge in [-0.15, -0.1) is 0 Å². The molecule has 0 aliphatic carbocycles. The van der Waals surface area contributed by atoms with Gasteiger partial charge in [0.2, 0.25) is 5.95 Å². The van der Waals surface area contributed by atoms with Crippen LogP contribution in [0.15, 0.2) is 40.9 Å². The zero-order chi connectivity index (χ0) is 17.2. The monoisotopic (exact) mass is 337 g/mol. The molecule has 2 aromatic heterocycles. The minimum Gasteiger partial charge on any atom is -0.453 e. The van der Waals surface area contributed by atoms with Crippen molar-refractivity contribution in [3.05, 3.63) is 42.3 Å². The number of likely N-dealkylation sites (N-methyl/N-ethyl adjacent to an activating group) is 1. The molecule has 128 valence electrons. The van der Waals surface area contributed by atoms with Crippen LogP contribution in [0.1, 0.15) is 10.6 Å². The van der Waals surface area contributed by atoms with Crippen LogP contribution in [0.2, 0.25) is 0 Å². The molecule has 0 amide bonds. The van der Waals surface area contributed by atoms with Crippen molar-refractivity contribution in [2.75, 3.05) is 38.7 Å². The van der Waals surface area contributed by atoms with Crippen LogP contribution in [0.5, 0.6) is 0 Å². The number of hydrogen-bond acceptors (Lipinski definition) is 7. The van der Waals surface area contributed by atoms with Crippen molar-refractivity contribution in [1.29, 1.82) is 0 Å². The minimum atomic E-state index is 0.318. The highest BCUT2D eigenvalue weighted by molar-refractivity contribution is 5.84. The Labute approximate surface area is 145 Å². The zero-order valence-corrected chi connectivity index (χ0v) is 14.0. The maximum Gasteiger partial charge on any atom is 0.238 e. The van der Waals surface area contributed by atoms with E-state index in [9.17, 15) is 4.79 Å². The molecule has 0 bridgehead atoms. The molecule has 25 heavy (non-hydrogen) atoms. The first-order valence-corrected chi connectivity index (χ1v) is 8.23. The molecule has 1 aromatic carbocycles. The molecule has 0 saturated carbocycles. The van der Waals surface area contributed by atoms with E-state index < -0.39 is 0 Å². The van der Waals surface area contributed by atoms with E-state index in [1.807, 2.05) is 18.2 Å². The SMILES string of the molecule is CN1CCN(Nc2ncc3cc(-c4ccc(C=O)o4)ccc3n2)CC1. The zero-order valence-electron chi connectivity index (χ0n) is 14.0. The number of carbonyl (C=O) groups is 1. The third-order valence-corrected chi connectivity index (χ3v) is 4.37. The lowest BCUT2D eigenvalue weighted by atomic mass is 10.1. The van der Waals surface area contributed by atoms with Crippen molar-refractivity contribution >= 4 is 23.1 Å². The number of furan rings is 1. The van der Waals surface area contributed by atoms with E-state index in [4.69, 9.17) is 4.42 Å². The second kappa shape index (κ2) is 6.62. The van der Waals surface area contributed by atoms with Gasteiger partial charge in [0.15, 0.2) is 12.0 Å². The molecule has 7 nitrogen and oxygen atoms in total. The summed E-state index contributed by atoms with van der Waals surface area (Å²) in [6, 6.07) is 9.27. The predicted octanol–water partition coefficient (Wildman–Crippen LogP) is 2.28. The molecule has 1 fully saturated rings. The van der Waals surface area contributed by atoms with Gasteiger partial charge >= 0.3 is 0 Å². The number of piperazine rings is 1. The van der Waals surface area contributed by atoms with Crippen molar-refractivity contribution in [3.63, 3.8) is 0 Å². The molecule has 0 radical (unpaired) electrons. The summed E-state index contributed by atoms with van der Waals surface area (Å²) in [4.78, 5) is 22.0. The summed E-state index contributed by atoms with van der Waals surface area (Å²) in [5, 5.41) is 3.06. The molecule has 4 rings (SSSR count). The van der Waals surface area contributed by atoms with Gasteiger partial charge in [-0.1, -0.05) is 0 Å². The summed E-state index contributed by atoms with van der Waals surface area (Å²) in [6.07, 6.45) is 2.50. The second-order valence-electron chi connectivity index (χ2n) is 6.19. The molecule has 1 aliphatic rings. The average Bonchev–Trinajstić information content (AvgIpc) is 3.12. The summed E-state index contributed by atoms with van der Waals surface area (Å²) >= 11 is 0. The quantitative estimate of drug-likeness (QED) is 0.732. The number of nitrogens with one attached hydrogen (secondary N) is 1. The fourth-order valence-electron chi connectivity index (χ4n) is 2.87. The number of rotatable bonds is 4. The normalized spacial score (nSPS) is 16.2. The lowest BCUT2D eigenvalue weighted by Gasteiger charge is -2.32. The Balaban J connectivity index is 1.55. The van der Waals surface area contributed by atoms with E-state index in [2.05, 4.69) is 32.4 Å².